The predicted molar refractivity (Wildman–Crippen MR) is 89.7 cm³/mol. The van der Waals surface area contributed by atoms with Crippen molar-refractivity contribution in [3.63, 3.8) is 0 Å². The number of nitrogens with two attached hydrogens (primary N) is 1. The number of nitrogens with one attached hydrogen (secondary N) is 1. The molecule has 0 spiro atoms. The molecule has 6 heteroatoms. The molecular formula is C18H20FN3O2. The molecule has 5 nitrogen and oxygen atoms in total. The molecule has 0 bridgehead atoms. The van der Waals surface area contributed by atoms with Gasteiger partial charge in [-0.2, -0.15) is 0 Å². The Labute approximate surface area is 139 Å². The van der Waals surface area contributed by atoms with Crippen LogP contribution >= 0.6 is 0 Å². The zero-order valence-electron chi connectivity index (χ0n) is 13.3. The number of carbonyl (C=O) groups excluding carboxylic acids is 1. The molecule has 4 rings (SSSR count). The molecule has 1 aromatic carbocycles. The molecule has 1 amide bonds. The molecule has 0 radical (unpaired) electrons. The summed E-state index contributed by atoms with van der Waals surface area (Å²) in [6.07, 6.45) is 5.34. The second-order valence-corrected chi connectivity index (χ2v) is 6.56. The van der Waals surface area contributed by atoms with Crippen LogP contribution in [0.25, 0.3) is 0 Å². The maximum atomic E-state index is 13.9. The SMILES string of the molecule is NC(=O)c1cc(F)cc2c1CCC1N=CC(C3CCOCC3)=C1N2. The van der Waals surface area contributed by atoms with Crippen molar-refractivity contribution in [2.75, 3.05) is 18.5 Å². The number of aliphatic imine (C=N–C) groups is 1. The summed E-state index contributed by atoms with van der Waals surface area (Å²) in [6.45, 7) is 1.52. The van der Waals surface area contributed by atoms with E-state index in [0.717, 1.165) is 43.7 Å². The van der Waals surface area contributed by atoms with Crippen molar-refractivity contribution < 1.29 is 13.9 Å². The second kappa shape index (κ2) is 6.02. The number of ether oxygens (including phenoxy) is 1. The zero-order valence-corrected chi connectivity index (χ0v) is 13.3. The summed E-state index contributed by atoms with van der Waals surface area (Å²) >= 11 is 0. The maximum absolute atomic E-state index is 13.9. The van der Waals surface area contributed by atoms with Crippen LogP contribution in [0, 0.1) is 11.7 Å². The third-order valence-electron chi connectivity index (χ3n) is 5.12. The van der Waals surface area contributed by atoms with E-state index >= 15 is 0 Å². The molecule has 0 saturated carbocycles. The summed E-state index contributed by atoms with van der Waals surface area (Å²) in [4.78, 5) is 16.3. The Morgan fingerprint density at radius 1 is 1.29 bits per heavy atom. The molecule has 1 unspecified atom stereocenters. The monoisotopic (exact) mass is 329 g/mol. The fourth-order valence-corrected chi connectivity index (χ4v) is 3.88. The van der Waals surface area contributed by atoms with Crippen LogP contribution in [0.1, 0.15) is 35.2 Å². The first-order valence-electron chi connectivity index (χ1n) is 8.37. The van der Waals surface area contributed by atoms with Crippen LogP contribution in [0.15, 0.2) is 28.4 Å². The van der Waals surface area contributed by atoms with Crippen LogP contribution < -0.4 is 11.1 Å². The quantitative estimate of drug-likeness (QED) is 0.875. The van der Waals surface area contributed by atoms with Crippen LogP contribution in [0.2, 0.25) is 0 Å². The second-order valence-electron chi connectivity index (χ2n) is 6.56. The third kappa shape index (κ3) is 2.60. The largest absolute Gasteiger partial charge is 0.381 e. The lowest BCUT2D eigenvalue weighted by atomic mass is 9.90. The molecule has 3 N–H and O–H groups in total. The minimum absolute atomic E-state index is 0.0408. The van der Waals surface area contributed by atoms with Gasteiger partial charge in [0, 0.05) is 36.4 Å². The number of allylic oxidation sites excluding steroid dienone is 1. The van der Waals surface area contributed by atoms with Gasteiger partial charge >= 0.3 is 0 Å². The lowest BCUT2D eigenvalue weighted by Gasteiger charge is -2.24. The summed E-state index contributed by atoms with van der Waals surface area (Å²) in [5.41, 5.74) is 9.35. The number of fused-ring (bicyclic) bond motifs is 2. The van der Waals surface area contributed by atoms with E-state index in [1.807, 2.05) is 6.21 Å². The molecule has 1 atom stereocenters. The van der Waals surface area contributed by atoms with Gasteiger partial charge in [0.15, 0.2) is 0 Å². The number of hydrogen-bond donors (Lipinski definition) is 2. The van der Waals surface area contributed by atoms with Crippen LogP contribution in [0.3, 0.4) is 0 Å². The number of rotatable bonds is 2. The molecule has 0 aliphatic carbocycles. The van der Waals surface area contributed by atoms with Crippen LogP contribution in [0.5, 0.6) is 0 Å². The highest BCUT2D eigenvalue weighted by Gasteiger charge is 2.31. The Morgan fingerprint density at radius 3 is 2.83 bits per heavy atom. The molecule has 1 aromatic rings. The van der Waals surface area contributed by atoms with Crippen molar-refractivity contribution in [1.82, 2.24) is 0 Å². The van der Waals surface area contributed by atoms with Gasteiger partial charge in [-0.3, -0.25) is 9.79 Å². The average Bonchev–Trinajstić information content (AvgIpc) is 2.88. The number of carbonyl (C=O) groups is 1. The summed E-state index contributed by atoms with van der Waals surface area (Å²) in [7, 11) is 0. The van der Waals surface area contributed by atoms with Gasteiger partial charge in [-0.25, -0.2) is 4.39 Å². The van der Waals surface area contributed by atoms with Gasteiger partial charge in [0.25, 0.3) is 0 Å². The third-order valence-corrected chi connectivity index (χ3v) is 5.12. The Bertz CT molecular complexity index is 751. The molecule has 3 aliphatic heterocycles. The fraction of sp³-hybridized carbons (Fsp3) is 0.444. The smallest absolute Gasteiger partial charge is 0.249 e. The van der Waals surface area contributed by atoms with Gasteiger partial charge in [-0.1, -0.05) is 0 Å². The van der Waals surface area contributed by atoms with E-state index < -0.39 is 11.7 Å². The summed E-state index contributed by atoms with van der Waals surface area (Å²) in [5, 5.41) is 3.37. The van der Waals surface area contributed by atoms with Crippen LogP contribution in [-0.4, -0.2) is 31.4 Å². The van der Waals surface area contributed by atoms with Crippen LogP contribution in [0.4, 0.5) is 10.1 Å². The molecule has 3 aliphatic rings. The number of amides is 1. The molecule has 24 heavy (non-hydrogen) atoms. The Kier molecular flexibility index (Phi) is 3.84. The normalized spacial score (nSPS) is 23.5. The first-order valence-corrected chi connectivity index (χ1v) is 8.37. The van der Waals surface area contributed by atoms with E-state index in [4.69, 9.17) is 10.5 Å². The number of benzene rings is 1. The highest BCUT2D eigenvalue weighted by atomic mass is 19.1. The summed E-state index contributed by atoms with van der Waals surface area (Å²) in [5.74, 6) is -0.636. The van der Waals surface area contributed by atoms with E-state index in [1.54, 1.807) is 0 Å². The van der Waals surface area contributed by atoms with Gasteiger partial charge in [0.05, 0.1) is 6.04 Å². The standard InChI is InChI=1S/C18H20FN3O2/c19-11-7-13(18(20)23)12-1-2-15-17(22-16(12)8-11)14(9-21-15)10-3-5-24-6-4-10/h7-10,15,22H,1-6H2,(H2,20,23). The Balaban J connectivity index is 1.75. The zero-order chi connectivity index (χ0) is 16.7. The number of nitrogens with zero attached hydrogens (tertiary/aromatic N) is 1. The van der Waals surface area contributed by atoms with E-state index in [0.29, 0.717) is 18.0 Å². The van der Waals surface area contributed by atoms with Gasteiger partial charge in [-0.05, 0) is 54.9 Å². The van der Waals surface area contributed by atoms with Crippen molar-refractivity contribution in [2.24, 2.45) is 16.6 Å². The summed E-state index contributed by atoms with van der Waals surface area (Å²) in [6, 6.07) is 2.71. The lowest BCUT2D eigenvalue weighted by molar-refractivity contribution is 0.0771. The highest BCUT2D eigenvalue weighted by molar-refractivity contribution is 5.96. The molecule has 1 fully saturated rings. The van der Waals surface area contributed by atoms with Crippen molar-refractivity contribution in [2.45, 2.75) is 31.7 Å². The van der Waals surface area contributed by atoms with E-state index in [-0.39, 0.29) is 11.6 Å². The first-order chi connectivity index (χ1) is 11.6. The van der Waals surface area contributed by atoms with Crippen molar-refractivity contribution in [3.8, 4) is 0 Å². The van der Waals surface area contributed by atoms with Crippen LogP contribution in [-0.2, 0) is 11.2 Å². The minimum atomic E-state index is -0.596. The Hall–Kier alpha value is -2.21. The molecule has 1 saturated heterocycles. The summed E-state index contributed by atoms with van der Waals surface area (Å²) < 4.78 is 19.4. The average molecular weight is 329 g/mol. The van der Waals surface area contributed by atoms with Gasteiger partial charge in [-0.15, -0.1) is 0 Å². The van der Waals surface area contributed by atoms with Crippen molar-refractivity contribution in [1.29, 1.82) is 0 Å². The van der Waals surface area contributed by atoms with E-state index in [1.165, 1.54) is 17.7 Å². The van der Waals surface area contributed by atoms with Gasteiger partial charge < -0.3 is 15.8 Å². The fourth-order valence-electron chi connectivity index (χ4n) is 3.88. The van der Waals surface area contributed by atoms with Gasteiger partial charge in [0.2, 0.25) is 5.91 Å². The first kappa shape index (κ1) is 15.3. The van der Waals surface area contributed by atoms with Crippen molar-refractivity contribution in [3.05, 3.63) is 40.3 Å². The molecular weight excluding hydrogens is 309 g/mol. The molecule has 3 heterocycles. The van der Waals surface area contributed by atoms with Gasteiger partial charge in [0.1, 0.15) is 5.82 Å². The maximum Gasteiger partial charge on any atom is 0.249 e. The highest BCUT2D eigenvalue weighted by Crippen LogP contribution is 2.37. The minimum Gasteiger partial charge on any atom is -0.381 e. The van der Waals surface area contributed by atoms with E-state index in [9.17, 15) is 9.18 Å². The van der Waals surface area contributed by atoms with Crippen molar-refractivity contribution >= 4 is 17.8 Å². The number of halogens is 1. The predicted octanol–water partition coefficient (Wildman–Crippen LogP) is 2.42. The topological polar surface area (TPSA) is 76.7 Å². The van der Waals surface area contributed by atoms with E-state index in [2.05, 4.69) is 10.3 Å². The number of primary amides is 1. The number of hydrogen-bond acceptors (Lipinski definition) is 4. The number of anilines is 1. The lowest BCUT2D eigenvalue weighted by Crippen LogP contribution is -2.21. The molecule has 0 aromatic heterocycles. The Morgan fingerprint density at radius 2 is 2.08 bits per heavy atom. The molecule has 126 valence electrons.